The SMILES string of the molecule is Cc1cc(OC[C@@]2(CC(=O)N3CCOCC3)CCCN(Cc3cccc(OC(F)(F)F)c3)C2)ccc1Cl. The van der Waals surface area contributed by atoms with Crippen molar-refractivity contribution in [3.05, 3.63) is 58.6 Å². The third-order valence-corrected chi connectivity index (χ3v) is 7.27. The molecule has 6 nitrogen and oxygen atoms in total. The van der Waals surface area contributed by atoms with Gasteiger partial charge in [0.2, 0.25) is 5.91 Å². The number of hydrogen-bond donors (Lipinski definition) is 0. The first kappa shape index (κ1) is 27.5. The molecular weight excluding hydrogens is 509 g/mol. The van der Waals surface area contributed by atoms with Crippen LogP contribution in [0, 0.1) is 12.3 Å². The molecule has 0 N–H and O–H groups in total. The summed E-state index contributed by atoms with van der Waals surface area (Å²) in [6.45, 7) is 6.26. The van der Waals surface area contributed by atoms with Gasteiger partial charge in [0.1, 0.15) is 11.5 Å². The van der Waals surface area contributed by atoms with Crippen LogP contribution in [-0.2, 0) is 16.1 Å². The van der Waals surface area contributed by atoms with Crippen molar-refractivity contribution in [2.75, 3.05) is 46.0 Å². The molecule has 0 aliphatic carbocycles. The quantitative estimate of drug-likeness (QED) is 0.445. The fraction of sp³-hybridized carbons (Fsp3) is 0.519. The topological polar surface area (TPSA) is 51.2 Å². The highest BCUT2D eigenvalue weighted by molar-refractivity contribution is 6.31. The van der Waals surface area contributed by atoms with Crippen molar-refractivity contribution < 1.29 is 32.2 Å². The van der Waals surface area contributed by atoms with E-state index in [0.29, 0.717) is 68.8 Å². The average molecular weight is 541 g/mol. The minimum absolute atomic E-state index is 0.0709. The van der Waals surface area contributed by atoms with E-state index in [0.717, 1.165) is 24.9 Å². The van der Waals surface area contributed by atoms with E-state index in [2.05, 4.69) is 9.64 Å². The first-order valence-electron chi connectivity index (χ1n) is 12.4. The van der Waals surface area contributed by atoms with Gasteiger partial charge in [0.25, 0.3) is 0 Å². The number of nitrogens with zero attached hydrogens (tertiary/aromatic N) is 2. The Morgan fingerprint density at radius 3 is 2.62 bits per heavy atom. The Hall–Kier alpha value is -2.49. The van der Waals surface area contributed by atoms with E-state index < -0.39 is 11.8 Å². The number of morpholine rings is 1. The molecule has 0 bridgehead atoms. The third kappa shape index (κ3) is 7.99. The molecule has 37 heavy (non-hydrogen) atoms. The molecule has 1 amide bonds. The molecule has 2 aliphatic heterocycles. The number of carbonyl (C=O) groups is 1. The molecule has 1 atom stereocenters. The van der Waals surface area contributed by atoms with Crippen LogP contribution in [0.25, 0.3) is 0 Å². The first-order chi connectivity index (χ1) is 17.6. The Morgan fingerprint density at radius 1 is 1.11 bits per heavy atom. The van der Waals surface area contributed by atoms with E-state index in [1.54, 1.807) is 18.2 Å². The number of amides is 1. The number of piperidine rings is 1. The summed E-state index contributed by atoms with van der Waals surface area (Å²) in [5.74, 6) is 0.521. The molecule has 0 spiro atoms. The van der Waals surface area contributed by atoms with Gasteiger partial charge in [-0.15, -0.1) is 13.2 Å². The number of likely N-dealkylation sites (tertiary alicyclic amines) is 1. The second kappa shape index (κ2) is 11.9. The summed E-state index contributed by atoms with van der Waals surface area (Å²) in [5.41, 5.74) is 1.18. The Balaban J connectivity index is 1.49. The smallest absolute Gasteiger partial charge is 0.493 e. The summed E-state index contributed by atoms with van der Waals surface area (Å²) < 4.78 is 53.8. The zero-order valence-corrected chi connectivity index (χ0v) is 21.6. The maximum Gasteiger partial charge on any atom is 0.573 e. The van der Waals surface area contributed by atoms with Crippen molar-refractivity contribution in [2.45, 2.75) is 39.1 Å². The molecule has 2 saturated heterocycles. The van der Waals surface area contributed by atoms with Crippen molar-refractivity contribution in [3.8, 4) is 11.5 Å². The van der Waals surface area contributed by atoms with Gasteiger partial charge in [-0.05, 0) is 67.8 Å². The molecule has 0 aromatic heterocycles. The number of ether oxygens (including phenoxy) is 3. The summed E-state index contributed by atoms with van der Waals surface area (Å²) in [4.78, 5) is 17.3. The second-order valence-corrected chi connectivity index (χ2v) is 10.3. The van der Waals surface area contributed by atoms with Crippen molar-refractivity contribution in [2.24, 2.45) is 5.41 Å². The van der Waals surface area contributed by atoms with Gasteiger partial charge in [-0.1, -0.05) is 23.7 Å². The van der Waals surface area contributed by atoms with Crippen molar-refractivity contribution in [3.63, 3.8) is 0 Å². The number of alkyl halides is 3. The van der Waals surface area contributed by atoms with Crippen LogP contribution in [0.5, 0.6) is 11.5 Å². The highest BCUT2D eigenvalue weighted by Gasteiger charge is 2.40. The van der Waals surface area contributed by atoms with E-state index >= 15 is 0 Å². The number of rotatable bonds is 8. The summed E-state index contributed by atoms with van der Waals surface area (Å²) >= 11 is 6.16. The molecule has 0 unspecified atom stereocenters. The van der Waals surface area contributed by atoms with Crippen LogP contribution in [-0.4, -0.2) is 68.1 Å². The number of carbonyl (C=O) groups excluding carboxylic acids is 1. The van der Waals surface area contributed by atoms with Crippen molar-refractivity contribution in [1.82, 2.24) is 9.80 Å². The highest BCUT2D eigenvalue weighted by atomic mass is 35.5. The number of benzene rings is 2. The van der Waals surface area contributed by atoms with Gasteiger partial charge in [-0.3, -0.25) is 9.69 Å². The lowest BCUT2D eigenvalue weighted by Gasteiger charge is -2.43. The van der Waals surface area contributed by atoms with E-state index in [4.69, 9.17) is 21.1 Å². The third-order valence-electron chi connectivity index (χ3n) is 6.84. The van der Waals surface area contributed by atoms with Gasteiger partial charge in [-0.25, -0.2) is 0 Å². The Labute approximate surface area is 220 Å². The predicted molar refractivity (Wildman–Crippen MR) is 134 cm³/mol. The predicted octanol–water partition coefficient (Wildman–Crippen LogP) is 5.46. The largest absolute Gasteiger partial charge is 0.573 e. The zero-order chi connectivity index (χ0) is 26.5. The Kier molecular flexibility index (Phi) is 8.87. The molecule has 0 saturated carbocycles. The second-order valence-electron chi connectivity index (χ2n) is 9.88. The molecule has 2 fully saturated rings. The van der Waals surface area contributed by atoms with Crippen LogP contribution in [0.2, 0.25) is 5.02 Å². The van der Waals surface area contributed by atoms with Gasteiger partial charge in [0.15, 0.2) is 0 Å². The molecule has 10 heteroatoms. The lowest BCUT2D eigenvalue weighted by molar-refractivity contribution is -0.274. The summed E-state index contributed by atoms with van der Waals surface area (Å²) in [6, 6.07) is 11.5. The van der Waals surface area contributed by atoms with Crippen molar-refractivity contribution >= 4 is 17.5 Å². The van der Waals surface area contributed by atoms with E-state index in [1.165, 1.54) is 12.1 Å². The highest BCUT2D eigenvalue weighted by Crippen LogP contribution is 2.36. The van der Waals surface area contributed by atoms with Gasteiger partial charge in [0.05, 0.1) is 19.8 Å². The van der Waals surface area contributed by atoms with E-state index in [9.17, 15) is 18.0 Å². The van der Waals surface area contributed by atoms with Gasteiger partial charge >= 0.3 is 6.36 Å². The number of aryl methyl sites for hydroxylation is 1. The summed E-state index contributed by atoms with van der Waals surface area (Å²) in [6.07, 6.45) is -2.76. The van der Waals surface area contributed by atoms with Gasteiger partial charge in [-0.2, -0.15) is 0 Å². The fourth-order valence-electron chi connectivity index (χ4n) is 5.05. The minimum atomic E-state index is -4.74. The van der Waals surface area contributed by atoms with Crippen LogP contribution in [0.15, 0.2) is 42.5 Å². The lowest BCUT2D eigenvalue weighted by atomic mass is 9.77. The molecule has 2 aromatic carbocycles. The zero-order valence-electron chi connectivity index (χ0n) is 20.9. The summed E-state index contributed by atoms with van der Waals surface area (Å²) in [7, 11) is 0. The first-order valence-corrected chi connectivity index (χ1v) is 12.8. The van der Waals surface area contributed by atoms with Crippen molar-refractivity contribution in [1.29, 1.82) is 0 Å². The molecule has 202 valence electrons. The van der Waals surface area contributed by atoms with Crippen LogP contribution in [0.3, 0.4) is 0 Å². The van der Waals surface area contributed by atoms with Crippen LogP contribution >= 0.6 is 11.6 Å². The molecule has 2 aromatic rings. The molecular formula is C27H32ClF3N2O4. The Bertz CT molecular complexity index is 1080. The van der Waals surface area contributed by atoms with Crippen LogP contribution < -0.4 is 9.47 Å². The maximum absolute atomic E-state index is 13.3. The standard InChI is InChI=1S/C27H32ClF3N2O4/c1-20-14-22(6-7-24(20)28)36-19-26(16-25(34)33-10-12-35-13-11-33)8-3-9-32(18-26)17-21-4-2-5-23(15-21)37-27(29,30)31/h2,4-7,14-15H,3,8-13,16-19H2,1H3/t26-/m1/s1. The van der Waals surface area contributed by atoms with Crippen LogP contribution in [0.1, 0.15) is 30.4 Å². The molecule has 0 radical (unpaired) electrons. The monoisotopic (exact) mass is 540 g/mol. The molecule has 2 aliphatic rings. The normalized spacial score (nSPS) is 21.1. The average Bonchev–Trinajstić information content (AvgIpc) is 2.85. The fourth-order valence-corrected chi connectivity index (χ4v) is 5.16. The maximum atomic E-state index is 13.3. The van der Waals surface area contributed by atoms with Crippen LogP contribution in [0.4, 0.5) is 13.2 Å². The minimum Gasteiger partial charge on any atom is -0.493 e. The lowest BCUT2D eigenvalue weighted by Crippen LogP contribution is -2.50. The molecule has 4 rings (SSSR count). The number of hydrogen-bond acceptors (Lipinski definition) is 5. The Morgan fingerprint density at radius 2 is 1.89 bits per heavy atom. The van der Waals surface area contributed by atoms with Gasteiger partial charge in [0, 0.05) is 43.0 Å². The van der Waals surface area contributed by atoms with E-state index in [-0.39, 0.29) is 11.7 Å². The van der Waals surface area contributed by atoms with E-state index in [1.807, 2.05) is 24.0 Å². The van der Waals surface area contributed by atoms with Gasteiger partial charge < -0.3 is 19.1 Å². The summed E-state index contributed by atoms with van der Waals surface area (Å²) in [5, 5.41) is 0.658. The number of halogens is 4. The molecule has 2 heterocycles.